The third-order valence-corrected chi connectivity index (χ3v) is 9.43. The molecule has 1 unspecified atom stereocenters. The van der Waals surface area contributed by atoms with E-state index >= 15 is 0 Å². The lowest BCUT2D eigenvalue weighted by Gasteiger charge is -2.47. The number of benzene rings is 2. The lowest BCUT2D eigenvalue weighted by molar-refractivity contribution is -0.125. The molecule has 2 heterocycles. The summed E-state index contributed by atoms with van der Waals surface area (Å²) in [6.45, 7) is 19.7. The number of hydrogen-bond donors (Lipinski definition) is 3. The number of carbonyl (C=O) groups excluding carboxylic acids is 1. The van der Waals surface area contributed by atoms with Gasteiger partial charge in [0.05, 0.1) is 6.04 Å². The number of halogens is 1. The van der Waals surface area contributed by atoms with Crippen LogP contribution in [0.2, 0.25) is 0 Å². The number of nitrogens with two attached hydrogens (primary N) is 1. The molecule has 250 valence electrons. The van der Waals surface area contributed by atoms with E-state index in [2.05, 4.69) is 103 Å². The molecule has 4 atom stereocenters. The van der Waals surface area contributed by atoms with Gasteiger partial charge in [0.15, 0.2) is 0 Å². The quantitative estimate of drug-likeness (QED) is 0.261. The zero-order valence-corrected chi connectivity index (χ0v) is 29.4. The molecular formula is C38H60ClN5O. The Bertz CT molecular complexity index is 1200. The highest BCUT2D eigenvalue weighted by atomic mass is 35.5. The van der Waals surface area contributed by atoms with Crippen LogP contribution < -0.4 is 16.4 Å². The van der Waals surface area contributed by atoms with Gasteiger partial charge in [0, 0.05) is 36.6 Å². The molecule has 2 saturated heterocycles. The first-order chi connectivity index (χ1) is 21.3. The maximum absolute atomic E-state index is 12.3. The summed E-state index contributed by atoms with van der Waals surface area (Å²) in [7, 11) is 1.95. The highest BCUT2D eigenvalue weighted by molar-refractivity contribution is 5.86. The maximum Gasteiger partial charge on any atom is 0.241 e. The third-order valence-electron chi connectivity index (χ3n) is 9.43. The number of amides is 1. The first kappa shape index (κ1) is 40.0. The van der Waals surface area contributed by atoms with Crippen LogP contribution in [-0.4, -0.2) is 66.6 Å². The highest BCUT2D eigenvalue weighted by Gasteiger charge is 2.41. The summed E-state index contributed by atoms with van der Waals surface area (Å²) in [5.41, 5.74) is 9.27. The Morgan fingerprint density at radius 2 is 1.64 bits per heavy atom. The topological polar surface area (TPSA) is 73.6 Å². The molecule has 7 heteroatoms. The lowest BCUT2D eigenvalue weighted by atomic mass is 9.82. The molecule has 3 aliphatic rings. The van der Waals surface area contributed by atoms with Crippen molar-refractivity contribution >= 4 is 29.1 Å². The Morgan fingerprint density at radius 3 is 2.27 bits per heavy atom. The van der Waals surface area contributed by atoms with E-state index in [-0.39, 0.29) is 36.4 Å². The summed E-state index contributed by atoms with van der Waals surface area (Å²) >= 11 is 0. The van der Waals surface area contributed by atoms with Crippen molar-refractivity contribution in [2.75, 3.05) is 26.7 Å². The van der Waals surface area contributed by atoms with Crippen LogP contribution in [-0.2, 0) is 11.2 Å². The molecule has 1 saturated carbocycles. The molecule has 1 aliphatic carbocycles. The van der Waals surface area contributed by atoms with Crippen LogP contribution in [0, 0.1) is 18.8 Å². The van der Waals surface area contributed by atoms with Crippen LogP contribution in [0.5, 0.6) is 0 Å². The molecular weight excluding hydrogens is 578 g/mol. The number of likely N-dealkylation sites (N-methyl/N-ethyl adjacent to an activating group) is 1. The number of rotatable bonds is 9. The molecule has 5 rings (SSSR count). The molecule has 0 spiro atoms. The van der Waals surface area contributed by atoms with Crippen molar-refractivity contribution in [2.24, 2.45) is 11.7 Å². The number of carbonyl (C=O) groups is 1. The fourth-order valence-corrected chi connectivity index (χ4v) is 6.80. The standard InChI is InChI=1S/C22H39N5O.C12H12.C2H6.C2H2.ClH/c1-15(24-4)16(2)25-21(18-9-6-5-7-10-18)17(3)27-13-19-11-8-12-26(19)14-20(27)22(23)28;1-2-10-7-5-8-11-6-3-4-9-12(10)11;2*1-2;/h15,18-21,24-25H,2-3,5-14H2,1,4H3,(H2,23,28);3-9H,2H2,1H3;1-2H3;1-2H;1H/t15-,19+,20-,21?;;;;/m0..../s1. The Hall–Kier alpha value is -2.98. The predicted octanol–water partition coefficient (Wildman–Crippen LogP) is 6.89. The second-order valence-electron chi connectivity index (χ2n) is 11.9. The van der Waals surface area contributed by atoms with Crippen LogP contribution in [0.4, 0.5) is 0 Å². The molecule has 1 amide bonds. The summed E-state index contributed by atoms with van der Waals surface area (Å²) in [5, 5.41) is 9.69. The molecule has 0 radical (unpaired) electrons. The first-order valence-corrected chi connectivity index (χ1v) is 16.7. The minimum atomic E-state index is -0.287. The van der Waals surface area contributed by atoms with Gasteiger partial charge in [-0.05, 0) is 74.9 Å². The van der Waals surface area contributed by atoms with E-state index in [4.69, 9.17) is 5.73 Å². The molecule has 2 aromatic rings. The van der Waals surface area contributed by atoms with Gasteiger partial charge in [-0.25, -0.2) is 0 Å². The number of nitrogens with zero attached hydrogens (tertiary/aromatic N) is 2. The van der Waals surface area contributed by atoms with Gasteiger partial charge in [0.2, 0.25) is 5.91 Å². The van der Waals surface area contributed by atoms with E-state index in [1.165, 1.54) is 61.3 Å². The zero-order chi connectivity index (χ0) is 32.6. The van der Waals surface area contributed by atoms with Gasteiger partial charge in [0.25, 0.3) is 0 Å². The molecule has 3 fully saturated rings. The number of fused-ring (bicyclic) bond motifs is 2. The summed E-state index contributed by atoms with van der Waals surface area (Å²) < 4.78 is 0. The van der Waals surface area contributed by atoms with Crippen LogP contribution in [0.25, 0.3) is 10.8 Å². The van der Waals surface area contributed by atoms with Gasteiger partial charge < -0.3 is 21.3 Å². The van der Waals surface area contributed by atoms with Crippen molar-refractivity contribution in [2.45, 2.75) is 103 Å². The number of aryl methyl sites for hydroxylation is 1. The minimum absolute atomic E-state index is 0. The van der Waals surface area contributed by atoms with Gasteiger partial charge in [-0.15, -0.1) is 25.3 Å². The van der Waals surface area contributed by atoms with Crippen molar-refractivity contribution in [3.05, 3.63) is 72.6 Å². The van der Waals surface area contributed by atoms with Crippen molar-refractivity contribution in [1.29, 1.82) is 0 Å². The first-order valence-electron chi connectivity index (χ1n) is 16.7. The van der Waals surface area contributed by atoms with E-state index in [0.717, 1.165) is 37.4 Å². The van der Waals surface area contributed by atoms with E-state index in [9.17, 15) is 4.79 Å². The molecule has 2 aliphatic heterocycles. The molecule has 4 N–H and O–H groups in total. The van der Waals surface area contributed by atoms with E-state index in [0.29, 0.717) is 12.0 Å². The Balaban J connectivity index is 0.000000496. The molecule has 0 bridgehead atoms. The van der Waals surface area contributed by atoms with Crippen molar-refractivity contribution in [1.82, 2.24) is 20.4 Å². The van der Waals surface area contributed by atoms with Crippen LogP contribution in [0.3, 0.4) is 0 Å². The van der Waals surface area contributed by atoms with Crippen LogP contribution in [0.15, 0.2) is 67.0 Å². The maximum atomic E-state index is 12.3. The summed E-state index contributed by atoms with van der Waals surface area (Å²) in [5.74, 6) is 0.286. The minimum Gasteiger partial charge on any atom is -0.379 e. The van der Waals surface area contributed by atoms with Gasteiger partial charge >= 0.3 is 0 Å². The Kier molecular flexibility index (Phi) is 18.6. The van der Waals surface area contributed by atoms with Gasteiger partial charge in [-0.2, -0.15) is 0 Å². The average molecular weight is 638 g/mol. The van der Waals surface area contributed by atoms with E-state index < -0.39 is 0 Å². The monoisotopic (exact) mass is 637 g/mol. The van der Waals surface area contributed by atoms with Crippen LogP contribution >= 0.6 is 12.4 Å². The highest BCUT2D eigenvalue weighted by Crippen LogP contribution is 2.34. The fraction of sp³-hybridized carbons (Fsp3) is 0.553. The zero-order valence-electron chi connectivity index (χ0n) is 28.6. The molecule has 0 aromatic heterocycles. The van der Waals surface area contributed by atoms with Crippen molar-refractivity contribution in [3.63, 3.8) is 0 Å². The summed E-state index contributed by atoms with van der Waals surface area (Å²) in [6.07, 6.45) is 17.7. The van der Waals surface area contributed by atoms with Gasteiger partial charge in [-0.1, -0.05) is 95.7 Å². The van der Waals surface area contributed by atoms with Gasteiger partial charge in [0.1, 0.15) is 6.04 Å². The van der Waals surface area contributed by atoms with Gasteiger partial charge in [-0.3, -0.25) is 9.69 Å². The average Bonchev–Trinajstić information content (AvgIpc) is 3.56. The second-order valence-corrected chi connectivity index (χ2v) is 11.9. The number of hydrogen-bond acceptors (Lipinski definition) is 5. The number of piperazine rings is 1. The number of terminal acetylenes is 1. The summed E-state index contributed by atoms with van der Waals surface area (Å²) in [6, 6.07) is 15.5. The smallest absolute Gasteiger partial charge is 0.241 e. The van der Waals surface area contributed by atoms with Crippen molar-refractivity contribution in [3.8, 4) is 12.8 Å². The molecule has 6 nitrogen and oxygen atoms in total. The predicted molar refractivity (Wildman–Crippen MR) is 196 cm³/mol. The Morgan fingerprint density at radius 1 is 1.00 bits per heavy atom. The third kappa shape index (κ3) is 10.8. The largest absolute Gasteiger partial charge is 0.379 e. The fourth-order valence-electron chi connectivity index (χ4n) is 6.80. The lowest BCUT2D eigenvalue weighted by Crippen LogP contribution is -2.62. The Labute approximate surface area is 280 Å². The molecule has 2 aromatic carbocycles. The van der Waals surface area contributed by atoms with Crippen LogP contribution in [0.1, 0.15) is 78.2 Å². The summed E-state index contributed by atoms with van der Waals surface area (Å²) in [4.78, 5) is 17.0. The van der Waals surface area contributed by atoms with E-state index in [1.54, 1.807) is 0 Å². The normalized spacial score (nSPS) is 20.6. The SMILES string of the molecule is C#C.C=C(NC(C(=C)N1C[C@H]2CCCN2C[C@H]1C(N)=O)C1CCCCC1)[C@H](C)NC.CC.CCc1cccc2ccccc12.Cl. The number of nitrogens with one attached hydrogen (secondary N) is 2. The molecule has 45 heavy (non-hydrogen) atoms. The number of primary amides is 1. The second kappa shape index (κ2) is 20.9. The van der Waals surface area contributed by atoms with E-state index in [1.807, 2.05) is 20.9 Å². The van der Waals surface area contributed by atoms with Crippen molar-refractivity contribution < 1.29 is 4.79 Å².